The number of hydrogen-bond donors (Lipinski definition) is 0. The smallest absolute Gasteiger partial charge is 0.343 e. The molecule has 0 radical (unpaired) electrons. The molecular formula is C24H22O7. The van der Waals surface area contributed by atoms with E-state index >= 15 is 0 Å². The molecule has 0 unspecified atom stereocenters. The second kappa shape index (κ2) is 10.2. The third kappa shape index (κ3) is 6.30. The zero-order valence-electron chi connectivity index (χ0n) is 17.1. The van der Waals surface area contributed by atoms with Gasteiger partial charge in [0, 0.05) is 23.1 Å². The first-order chi connectivity index (χ1) is 14.9. The summed E-state index contributed by atoms with van der Waals surface area (Å²) in [6, 6.07) is 14.4. The highest BCUT2D eigenvalue weighted by atomic mass is 16.5. The van der Waals surface area contributed by atoms with Crippen molar-refractivity contribution < 1.29 is 28.2 Å². The zero-order chi connectivity index (χ0) is 22.2. The summed E-state index contributed by atoms with van der Waals surface area (Å²) >= 11 is 0. The van der Waals surface area contributed by atoms with Crippen LogP contribution in [0.4, 0.5) is 0 Å². The van der Waals surface area contributed by atoms with Gasteiger partial charge in [-0.05, 0) is 62.2 Å². The molecule has 1 aromatic heterocycles. The Bertz CT molecular complexity index is 1140. The molecule has 0 spiro atoms. The number of esters is 2. The van der Waals surface area contributed by atoms with Gasteiger partial charge in [-0.2, -0.15) is 0 Å². The Morgan fingerprint density at radius 1 is 0.935 bits per heavy atom. The van der Waals surface area contributed by atoms with Gasteiger partial charge in [0.25, 0.3) is 0 Å². The molecule has 2 aromatic carbocycles. The highest BCUT2D eigenvalue weighted by Crippen LogP contribution is 2.21. The fourth-order valence-corrected chi connectivity index (χ4v) is 2.64. The van der Waals surface area contributed by atoms with Crippen molar-refractivity contribution in [2.45, 2.75) is 19.8 Å². The standard InChI is InChI=1S/C24H22O7/c1-16(2)23(26)29-14-4-3-13-28-19-9-6-18(7-10-19)24(27)30-20-11-5-17-8-12-22(25)31-21(17)15-20/h5-12,15H,1,3-4,13-14H2,2H3. The van der Waals surface area contributed by atoms with Gasteiger partial charge in [0.05, 0.1) is 18.8 Å². The summed E-state index contributed by atoms with van der Waals surface area (Å²) in [4.78, 5) is 35.0. The number of rotatable bonds is 9. The number of ether oxygens (including phenoxy) is 3. The van der Waals surface area contributed by atoms with Crippen molar-refractivity contribution >= 4 is 22.9 Å². The van der Waals surface area contributed by atoms with Crippen molar-refractivity contribution in [3.8, 4) is 11.5 Å². The van der Waals surface area contributed by atoms with Crippen molar-refractivity contribution in [3.63, 3.8) is 0 Å². The van der Waals surface area contributed by atoms with Crippen molar-refractivity contribution in [1.82, 2.24) is 0 Å². The van der Waals surface area contributed by atoms with Crippen LogP contribution in [0.25, 0.3) is 11.0 Å². The molecule has 0 saturated carbocycles. The van der Waals surface area contributed by atoms with Gasteiger partial charge < -0.3 is 18.6 Å². The van der Waals surface area contributed by atoms with Crippen molar-refractivity contribution in [2.24, 2.45) is 0 Å². The fraction of sp³-hybridized carbons (Fsp3) is 0.208. The predicted molar refractivity (Wildman–Crippen MR) is 114 cm³/mol. The van der Waals surface area contributed by atoms with E-state index in [1.54, 1.807) is 49.4 Å². The average molecular weight is 422 g/mol. The van der Waals surface area contributed by atoms with E-state index in [9.17, 15) is 14.4 Å². The number of carbonyl (C=O) groups excluding carboxylic acids is 2. The molecule has 0 fully saturated rings. The number of unbranched alkanes of at least 4 members (excludes halogenated alkanes) is 1. The van der Waals surface area contributed by atoms with E-state index < -0.39 is 17.6 Å². The lowest BCUT2D eigenvalue weighted by atomic mass is 10.2. The first-order valence-corrected chi connectivity index (χ1v) is 9.74. The Kier molecular flexibility index (Phi) is 7.22. The molecule has 0 aliphatic carbocycles. The van der Waals surface area contributed by atoms with Gasteiger partial charge >= 0.3 is 17.6 Å². The van der Waals surface area contributed by atoms with Crippen LogP contribution in [0.3, 0.4) is 0 Å². The number of hydrogen-bond acceptors (Lipinski definition) is 7. The summed E-state index contributed by atoms with van der Waals surface area (Å²) in [5.74, 6) is -0.0392. The van der Waals surface area contributed by atoms with Gasteiger partial charge in [0.15, 0.2) is 0 Å². The topological polar surface area (TPSA) is 92.0 Å². The molecule has 1 heterocycles. The molecule has 160 valence electrons. The van der Waals surface area contributed by atoms with Gasteiger partial charge in [-0.15, -0.1) is 0 Å². The van der Waals surface area contributed by atoms with Gasteiger partial charge in [-0.1, -0.05) is 6.58 Å². The lowest BCUT2D eigenvalue weighted by Gasteiger charge is -2.08. The summed E-state index contributed by atoms with van der Waals surface area (Å²) < 4.78 is 21.1. The van der Waals surface area contributed by atoms with E-state index in [1.807, 2.05) is 0 Å². The molecule has 0 bridgehead atoms. The minimum absolute atomic E-state index is 0.277. The summed E-state index contributed by atoms with van der Waals surface area (Å²) in [5, 5.41) is 0.731. The summed E-state index contributed by atoms with van der Waals surface area (Å²) in [6.07, 6.45) is 1.39. The predicted octanol–water partition coefficient (Wildman–Crippen LogP) is 4.29. The van der Waals surface area contributed by atoms with Crippen LogP contribution in [0, 0.1) is 0 Å². The molecule has 0 amide bonds. The molecule has 0 atom stereocenters. The molecule has 0 N–H and O–H groups in total. The van der Waals surface area contributed by atoms with Crippen LogP contribution in [0.2, 0.25) is 0 Å². The van der Waals surface area contributed by atoms with Crippen LogP contribution in [0.15, 0.2) is 76.0 Å². The number of benzene rings is 2. The molecule has 3 rings (SSSR count). The van der Waals surface area contributed by atoms with Crippen LogP contribution in [0.1, 0.15) is 30.1 Å². The maximum Gasteiger partial charge on any atom is 0.343 e. The van der Waals surface area contributed by atoms with Gasteiger partial charge in [0.1, 0.15) is 17.1 Å². The second-order valence-electron chi connectivity index (χ2n) is 6.84. The zero-order valence-corrected chi connectivity index (χ0v) is 17.1. The number of carbonyl (C=O) groups is 2. The van der Waals surface area contributed by atoms with Gasteiger partial charge in [-0.25, -0.2) is 14.4 Å². The Hall–Kier alpha value is -3.87. The van der Waals surface area contributed by atoms with Crippen molar-refractivity contribution in [3.05, 3.63) is 82.7 Å². The van der Waals surface area contributed by atoms with E-state index in [4.69, 9.17) is 18.6 Å². The quantitative estimate of drug-likeness (QED) is 0.167. The van der Waals surface area contributed by atoms with Crippen LogP contribution in [0.5, 0.6) is 11.5 Å². The SMILES string of the molecule is C=C(C)C(=O)OCCCCOc1ccc(C(=O)Oc2ccc3ccc(=O)oc3c2)cc1. The van der Waals surface area contributed by atoms with E-state index in [-0.39, 0.29) is 5.75 Å². The Morgan fingerprint density at radius 3 is 2.35 bits per heavy atom. The molecule has 3 aromatic rings. The fourth-order valence-electron chi connectivity index (χ4n) is 2.64. The van der Waals surface area contributed by atoms with Crippen LogP contribution >= 0.6 is 0 Å². The lowest BCUT2D eigenvalue weighted by molar-refractivity contribution is -0.139. The largest absolute Gasteiger partial charge is 0.494 e. The highest BCUT2D eigenvalue weighted by molar-refractivity contribution is 5.91. The highest BCUT2D eigenvalue weighted by Gasteiger charge is 2.10. The molecular weight excluding hydrogens is 400 g/mol. The third-order valence-electron chi connectivity index (χ3n) is 4.28. The monoisotopic (exact) mass is 422 g/mol. The maximum atomic E-state index is 12.4. The third-order valence-corrected chi connectivity index (χ3v) is 4.28. The van der Waals surface area contributed by atoms with E-state index in [0.717, 1.165) is 5.39 Å². The maximum absolute atomic E-state index is 12.4. The summed E-state index contributed by atoms with van der Waals surface area (Å²) in [6.45, 7) is 5.90. The first kappa shape index (κ1) is 21.8. The molecule has 0 aliphatic rings. The molecule has 31 heavy (non-hydrogen) atoms. The lowest BCUT2D eigenvalue weighted by Crippen LogP contribution is -2.09. The number of fused-ring (bicyclic) bond motifs is 1. The van der Waals surface area contributed by atoms with Crippen LogP contribution in [-0.2, 0) is 9.53 Å². The molecule has 0 saturated heterocycles. The summed E-state index contributed by atoms with van der Waals surface area (Å²) in [7, 11) is 0. The Morgan fingerprint density at radius 2 is 1.61 bits per heavy atom. The second-order valence-corrected chi connectivity index (χ2v) is 6.84. The average Bonchev–Trinajstić information content (AvgIpc) is 2.76. The van der Waals surface area contributed by atoms with Crippen molar-refractivity contribution in [1.29, 1.82) is 0 Å². The van der Waals surface area contributed by atoms with Crippen LogP contribution in [-0.4, -0.2) is 25.2 Å². The van der Waals surface area contributed by atoms with E-state index in [2.05, 4.69) is 6.58 Å². The normalized spacial score (nSPS) is 10.5. The van der Waals surface area contributed by atoms with Gasteiger partial charge in [0.2, 0.25) is 0 Å². The summed E-state index contributed by atoms with van der Waals surface area (Å²) in [5.41, 5.74) is 0.603. The molecule has 0 aliphatic heterocycles. The molecule has 7 nitrogen and oxygen atoms in total. The molecule has 7 heteroatoms. The van der Waals surface area contributed by atoms with E-state index in [1.165, 1.54) is 12.1 Å². The van der Waals surface area contributed by atoms with Gasteiger partial charge in [-0.3, -0.25) is 0 Å². The van der Waals surface area contributed by atoms with E-state index in [0.29, 0.717) is 48.5 Å². The van der Waals surface area contributed by atoms with Crippen LogP contribution < -0.4 is 15.1 Å². The first-order valence-electron chi connectivity index (χ1n) is 9.74. The minimum atomic E-state index is -0.538. The minimum Gasteiger partial charge on any atom is -0.494 e. The Labute approximate surface area is 178 Å². The Balaban J connectivity index is 1.47. The van der Waals surface area contributed by atoms with Crippen molar-refractivity contribution in [2.75, 3.05) is 13.2 Å².